The Morgan fingerprint density at radius 3 is 1.98 bits per heavy atom. The Morgan fingerprint density at radius 2 is 1.42 bits per heavy atom. The third-order valence-corrected chi connectivity index (χ3v) is 13.8. The van der Waals surface area contributed by atoms with Crippen molar-refractivity contribution in [1.29, 1.82) is 0 Å². The number of carbonyl (C=O) groups is 4. The summed E-state index contributed by atoms with van der Waals surface area (Å²) in [5.74, 6) is -3.93. The van der Waals surface area contributed by atoms with Gasteiger partial charge in [-0.05, 0) is 79.8 Å². The van der Waals surface area contributed by atoms with Crippen molar-refractivity contribution >= 4 is 88.7 Å². The molecule has 0 N–H and O–H groups in total. The van der Waals surface area contributed by atoms with Gasteiger partial charge in [0.1, 0.15) is 17.2 Å². The highest BCUT2D eigenvalue weighted by atomic mass is 79.9. The van der Waals surface area contributed by atoms with E-state index in [1.54, 1.807) is 12.1 Å². The van der Waals surface area contributed by atoms with Crippen LogP contribution in [0.25, 0.3) is 0 Å². The number of hydrogen-bond donors (Lipinski definition) is 0. The maximum absolute atomic E-state index is 13.9. The minimum atomic E-state index is -4.12. The number of aryl methyl sites for hydroxylation is 1. The van der Waals surface area contributed by atoms with Gasteiger partial charge in [-0.3, -0.25) is 19.2 Å². The smallest absolute Gasteiger partial charge is 0.339 e. The SMILES string of the molecule is Cc1ccc(S(=O)(=O)Oc2ccc(C(=O)CN(C(=O)c3ccc(Cl)c(Cl)c3)N3C(=O)[C@@H]4[C@H]5C[C@@H]([C@H](Br)[C@H]5Br)[C@@H]4C3=O)cc2)cc1. The van der Waals surface area contributed by atoms with Crippen LogP contribution in [0.15, 0.2) is 71.6 Å². The molecule has 3 fully saturated rings. The van der Waals surface area contributed by atoms with Crippen molar-refractivity contribution in [3.8, 4) is 5.75 Å². The lowest BCUT2D eigenvalue weighted by atomic mass is 9.81. The van der Waals surface area contributed by atoms with Crippen LogP contribution < -0.4 is 4.18 Å². The fourth-order valence-corrected chi connectivity index (χ4v) is 9.49. The summed E-state index contributed by atoms with van der Waals surface area (Å²) in [7, 11) is -4.12. The standard InChI is InChI=1S/C31H24Br2Cl2N2O7S/c1-15-2-9-19(10-3-15)45(42,43)44-18-7-4-16(5-8-18)24(38)14-36(29(39)17-6-11-22(34)23(35)12-17)37-30(40)25-20-13-21(26(25)31(37)41)28(33)27(20)32/h2-12,20-21,25-28H,13-14H2,1H3/t20-,21-,25-,26+,27+,28+/m1/s1. The molecule has 3 aromatic rings. The molecule has 3 amide bonds. The summed E-state index contributed by atoms with van der Waals surface area (Å²) in [6.45, 7) is 1.18. The fraction of sp³-hybridized carbons (Fsp3) is 0.290. The zero-order valence-corrected chi connectivity index (χ0v) is 28.9. The van der Waals surface area contributed by atoms with Crippen LogP contribution in [0, 0.1) is 30.6 Å². The molecule has 0 aromatic heterocycles. The molecule has 45 heavy (non-hydrogen) atoms. The summed E-state index contributed by atoms with van der Waals surface area (Å²) in [4.78, 5) is 55.0. The Bertz CT molecular complexity index is 1810. The van der Waals surface area contributed by atoms with Crippen molar-refractivity contribution in [2.24, 2.45) is 23.7 Å². The van der Waals surface area contributed by atoms with E-state index in [9.17, 15) is 27.6 Å². The van der Waals surface area contributed by atoms with Gasteiger partial charge in [0.25, 0.3) is 17.7 Å². The Hall–Kier alpha value is -2.77. The molecule has 14 heteroatoms. The van der Waals surface area contributed by atoms with Gasteiger partial charge in [0.05, 0.1) is 21.9 Å². The van der Waals surface area contributed by atoms with Gasteiger partial charge in [-0.1, -0.05) is 72.8 Å². The molecule has 6 rings (SSSR count). The number of alkyl halides is 2. The summed E-state index contributed by atoms with van der Waals surface area (Å²) < 4.78 is 30.6. The van der Waals surface area contributed by atoms with E-state index in [-0.39, 0.29) is 53.3 Å². The van der Waals surface area contributed by atoms with E-state index in [4.69, 9.17) is 27.4 Å². The number of halogens is 4. The van der Waals surface area contributed by atoms with Crippen molar-refractivity contribution in [1.82, 2.24) is 10.0 Å². The molecule has 3 aromatic carbocycles. The second kappa shape index (κ2) is 12.1. The number of rotatable bonds is 8. The molecular formula is C31H24Br2Cl2N2O7S. The minimum absolute atomic E-state index is 0.0168. The first kappa shape index (κ1) is 32.2. The Morgan fingerprint density at radius 1 is 0.867 bits per heavy atom. The van der Waals surface area contributed by atoms with Crippen LogP contribution in [-0.2, 0) is 19.7 Å². The van der Waals surface area contributed by atoms with Gasteiger partial charge in [-0.25, -0.2) is 5.01 Å². The number of hydrazine groups is 1. The first-order valence-electron chi connectivity index (χ1n) is 13.9. The first-order valence-corrected chi connectivity index (χ1v) is 17.8. The lowest BCUT2D eigenvalue weighted by Gasteiger charge is -2.31. The molecule has 0 unspecified atom stereocenters. The summed E-state index contributed by atoms with van der Waals surface area (Å²) >= 11 is 19.5. The lowest BCUT2D eigenvalue weighted by molar-refractivity contribution is -0.154. The average Bonchev–Trinajstić information content (AvgIpc) is 3.62. The number of nitrogens with zero attached hydrogens (tertiary/aromatic N) is 2. The maximum Gasteiger partial charge on any atom is 0.339 e. The Labute approximate surface area is 286 Å². The average molecular weight is 799 g/mol. The molecule has 2 saturated carbocycles. The van der Waals surface area contributed by atoms with E-state index in [0.29, 0.717) is 6.42 Å². The van der Waals surface area contributed by atoms with Crippen LogP contribution in [0.2, 0.25) is 10.0 Å². The molecule has 0 radical (unpaired) electrons. The maximum atomic E-state index is 13.9. The van der Waals surface area contributed by atoms with Crippen LogP contribution in [-0.4, -0.2) is 58.1 Å². The van der Waals surface area contributed by atoms with Gasteiger partial charge in [0, 0.05) is 20.8 Å². The van der Waals surface area contributed by atoms with Gasteiger partial charge in [-0.15, -0.1) is 0 Å². The number of fused-ring (bicyclic) bond motifs is 5. The second-order valence-electron chi connectivity index (χ2n) is 11.3. The monoisotopic (exact) mass is 796 g/mol. The number of imide groups is 1. The van der Waals surface area contributed by atoms with Crippen LogP contribution in [0.1, 0.15) is 32.7 Å². The number of Topliss-reactive ketones (excluding diaryl/α,β-unsaturated/α-hetero) is 1. The Balaban J connectivity index is 1.27. The highest BCUT2D eigenvalue weighted by Gasteiger charge is 2.67. The molecule has 2 bridgehead atoms. The molecular weight excluding hydrogens is 775 g/mol. The molecule has 2 aliphatic carbocycles. The predicted octanol–water partition coefficient (Wildman–Crippen LogP) is 6.09. The zero-order chi connectivity index (χ0) is 32.4. The summed E-state index contributed by atoms with van der Waals surface area (Å²) in [5, 5.41) is 1.97. The molecule has 1 heterocycles. The fourth-order valence-electron chi connectivity index (χ4n) is 6.39. The molecule has 1 saturated heterocycles. The predicted molar refractivity (Wildman–Crippen MR) is 173 cm³/mol. The van der Waals surface area contributed by atoms with Crippen LogP contribution in [0.3, 0.4) is 0 Å². The van der Waals surface area contributed by atoms with E-state index in [0.717, 1.165) is 15.6 Å². The number of amides is 3. The van der Waals surface area contributed by atoms with E-state index in [1.165, 1.54) is 54.6 Å². The van der Waals surface area contributed by atoms with Crippen molar-refractivity contribution in [2.75, 3.05) is 6.54 Å². The topological polar surface area (TPSA) is 118 Å². The van der Waals surface area contributed by atoms with Gasteiger partial charge < -0.3 is 4.18 Å². The molecule has 0 spiro atoms. The molecule has 234 valence electrons. The van der Waals surface area contributed by atoms with E-state index >= 15 is 0 Å². The van der Waals surface area contributed by atoms with Crippen LogP contribution in [0.5, 0.6) is 5.75 Å². The van der Waals surface area contributed by atoms with Crippen molar-refractivity contribution in [3.05, 3.63) is 93.5 Å². The Kier molecular flexibility index (Phi) is 8.66. The number of ketones is 1. The van der Waals surface area contributed by atoms with Gasteiger partial charge >= 0.3 is 10.1 Å². The van der Waals surface area contributed by atoms with Crippen molar-refractivity contribution in [2.45, 2.75) is 27.9 Å². The highest BCUT2D eigenvalue weighted by molar-refractivity contribution is 9.12. The van der Waals surface area contributed by atoms with Gasteiger partial charge in [-0.2, -0.15) is 13.4 Å². The van der Waals surface area contributed by atoms with Crippen molar-refractivity contribution < 1.29 is 31.8 Å². The van der Waals surface area contributed by atoms with Gasteiger partial charge in [0.2, 0.25) is 0 Å². The largest absolute Gasteiger partial charge is 0.379 e. The zero-order valence-electron chi connectivity index (χ0n) is 23.4. The van der Waals surface area contributed by atoms with Crippen LogP contribution in [0.4, 0.5) is 0 Å². The number of benzene rings is 3. The van der Waals surface area contributed by atoms with E-state index in [2.05, 4.69) is 31.9 Å². The summed E-state index contributed by atoms with van der Waals surface area (Å²) in [6, 6.07) is 15.6. The first-order chi connectivity index (χ1) is 21.3. The second-order valence-corrected chi connectivity index (χ2v) is 15.8. The number of hydrogen-bond acceptors (Lipinski definition) is 7. The third kappa shape index (κ3) is 5.73. The van der Waals surface area contributed by atoms with E-state index < -0.39 is 52.0 Å². The third-order valence-electron chi connectivity index (χ3n) is 8.59. The molecule has 6 atom stereocenters. The van der Waals surface area contributed by atoms with E-state index in [1.807, 2.05) is 6.92 Å². The highest BCUT2D eigenvalue weighted by Crippen LogP contribution is 2.60. The minimum Gasteiger partial charge on any atom is -0.379 e. The lowest BCUT2D eigenvalue weighted by Crippen LogP contribution is -2.52. The quantitative estimate of drug-likeness (QED) is 0.117. The molecule has 9 nitrogen and oxygen atoms in total. The van der Waals surface area contributed by atoms with Crippen molar-refractivity contribution in [3.63, 3.8) is 0 Å². The van der Waals surface area contributed by atoms with Gasteiger partial charge in [0.15, 0.2) is 5.78 Å². The van der Waals surface area contributed by atoms with Crippen LogP contribution >= 0.6 is 55.1 Å². The number of carbonyl (C=O) groups excluding carboxylic acids is 4. The molecule has 3 aliphatic rings. The summed E-state index contributed by atoms with van der Waals surface area (Å²) in [6.07, 6.45) is 0.695. The summed E-state index contributed by atoms with van der Waals surface area (Å²) in [5.41, 5.74) is 1.01. The molecule has 1 aliphatic heterocycles. The normalized spacial score (nSPS) is 25.4.